The minimum atomic E-state index is -2.05. The number of benzene rings is 2. The number of aromatic nitrogens is 1. The topological polar surface area (TPSA) is 132 Å². The molecular weight excluding hydrogens is 532 g/mol. The van der Waals surface area contributed by atoms with Crippen molar-refractivity contribution in [2.24, 2.45) is 21.8 Å². The molecule has 1 atom stereocenters. The van der Waals surface area contributed by atoms with E-state index >= 15 is 0 Å². The lowest BCUT2D eigenvalue weighted by atomic mass is 9.93. The summed E-state index contributed by atoms with van der Waals surface area (Å²) in [7, 11) is -2.05. The minimum Gasteiger partial charge on any atom is -0.476 e. The van der Waals surface area contributed by atoms with Crippen LogP contribution < -0.4 is 10.9 Å². The van der Waals surface area contributed by atoms with Gasteiger partial charge in [0.05, 0.1) is 4.90 Å². The first-order valence-electron chi connectivity index (χ1n) is 10.9. The largest absolute Gasteiger partial charge is 0.476 e. The lowest BCUT2D eigenvalue weighted by Gasteiger charge is -2.16. The zero-order valence-electron chi connectivity index (χ0n) is 19.0. The summed E-state index contributed by atoms with van der Waals surface area (Å²) in [5.41, 5.74) is 6.88. The summed E-state index contributed by atoms with van der Waals surface area (Å²) in [6.45, 7) is 0. The van der Waals surface area contributed by atoms with Gasteiger partial charge in [0.1, 0.15) is 16.8 Å². The normalized spacial score (nSPS) is 15.4. The van der Waals surface area contributed by atoms with Crippen molar-refractivity contribution in [3.8, 4) is 0 Å². The third kappa shape index (κ3) is 6.29. The van der Waals surface area contributed by atoms with Crippen LogP contribution in [0.25, 0.3) is 5.70 Å². The van der Waals surface area contributed by atoms with Crippen LogP contribution in [0.2, 0.25) is 0 Å². The van der Waals surface area contributed by atoms with E-state index in [4.69, 9.17) is 10.9 Å². The highest BCUT2D eigenvalue weighted by molar-refractivity contribution is 7.82. The SMILES string of the molecule is N/C(=C(Cc1ccc(S(N)=O)c(F)c1)\C(CC1CC1)=N\c1nc(C(=O)O)cs1)c1cc(F)c(F)c(F)c1. The van der Waals surface area contributed by atoms with E-state index in [1.807, 2.05) is 0 Å². The van der Waals surface area contributed by atoms with Gasteiger partial charge in [0.25, 0.3) is 0 Å². The number of carbonyl (C=O) groups is 1. The molecule has 1 unspecified atom stereocenters. The monoisotopic (exact) mass is 552 g/mol. The highest BCUT2D eigenvalue weighted by Crippen LogP contribution is 2.36. The zero-order valence-corrected chi connectivity index (χ0v) is 20.6. The molecule has 2 aromatic carbocycles. The number of nitrogens with two attached hydrogens (primary N) is 2. The fraction of sp³-hybridized carbons (Fsp3) is 0.208. The molecule has 4 rings (SSSR count). The molecule has 1 aliphatic carbocycles. The number of carboxylic acid groups (broad SMARTS) is 1. The van der Waals surface area contributed by atoms with Crippen LogP contribution >= 0.6 is 11.3 Å². The van der Waals surface area contributed by atoms with E-state index in [1.165, 1.54) is 17.5 Å². The molecular formula is C24H20F4N4O3S2. The van der Waals surface area contributed by atoms with Gasteiger partial charge >= 0.3 is 5.97 Å². The van der Waals surface area contributed by atoms with Gasteiger partial charge in [0.2, 0.25) is 5.13 Å². The minimum absolute atomic E-state index is 0.0659. The molecule has 0 spiro atoms. The number of nitrogens with zero attached hydrogens (tertiary/aromatic N) is 2. The third-order valence-corrected chi connectivity index (χ3v) is 7.18. The van der Waals surface area contributed by atoms with Gasteiger partial charge in [-0.1, -0.05) is 6.07 Å². The number of thiazole rings is 1. The molecule has 1 heterocycles. The van der Waals surface area contributed by atoms with Crippen molar-refractivity contribution in [3.05, 3.63) is 81.4 Å². The summed E-state index contributed by atoms with van der Waals surface area (Å²) in [6, 6.07) is 5.33. The fourth-order valence-electron chi connectivity index (χ4n) is 3.62. The Morgan fingerprint density at radius 3 is 2.35 bits per heavy atom. The molecule has 1 saturated carbocycles. The number of aromatic carboxylic acids is 1. The Kier molecular flexibility index (Phi) is 7.85. The van der Waals surface area contributed by atoms with E-state index in [-0.39, 0.29) is 44.9 Å². The van der Waals surface area contributed by atoms with E-state index in [1.54, 1.807) is 0 Å². The van der Waals surface area contributed by atoms with E-state index in [0.717, 1.165) is 42.4 Å². The summed E-state index contributed by atoms with van der Waals surface area (Å²) in [4.78, 5) is 19.5. The number of aliphatic imine (C=N–C) groups is 1. The van der Waals surface area contributed by atoms with Gasteiger partial charge < -0.3 is 10.8 Å². The van der Waals surface area contributed by atoms with Crippen molar-refractivity contribution in [2.45, 2.75) is 30.6 Å². The molecule has 0 amide bonds. The quantitative estimate of drug-likeness (QED) is 0.198. The van der Waals surface area contributed by atoms with Crippen LogP contribution in [-0.2, 0) is 17.4 Å². The molecule has 37 heavy (non-hydrogen) atoms. The van der Waals surface area contributed by atoms with Gasteiger partial charge in [0, 0.05) is 34.3 Å². The van der Waals surface area contributed by atoms with Crippen LogP contribution in [0.3, 0.4) is 0 Å². The first kappa shape index (κ1) is 26.6. The van der Waals surface area contributed by atoms with Crippen LogP contribution in [0.1, 0.15) is 40.9 Å². The summed E-state index contributed by atoms with van der Waals surface area (Å²) >= 11 is 0.979. The molecule has 3 aromatic rings. The lowest BCUT2D eigenvalue weighted by molar-refractivity contribution is 0.0691. The second-order valence-electron chi connectivity index (χ2n) is 8.41. The molecule has 194 valence electrons. The Balaban J connectivity index is 1.87. The lowest BCUT2D eigenvalue weighted by Crippen LogP contribution is -2.15. The van der Waals surface area contributed by atoms with E-state index < -0.39 is 40.2 Å². The molecule has 0 aliphatic heterocycles. The summed E-state index contributed by atoms with van der Waals surface area (Å²) in [6.07, 6.45) is 2.12. The third-order valence-electron chi connectivity index (χ3n) is 5.68. The summed E-state index contributed by atoms with van der Waals surface area (Å²) < 4.78 is 67.7. The van der Waals surface area contributed by atoms with Crippen molar-refractivity contribution in [3.63, 3.8) is 0 Å². The van der Waals surface area contributed by atoms with Gasteiger partial charge in [-0.05, 0) is 55.0 Å². The molecule has 1 aliphatic rings. The Hall–Kier alpha value is -3.42. The fourth-order valence-corrected chi connectivity index (χ4v) is 4.76. The highest BCUT2D eigenvalue weighted by atomic mass is 32.2. The van der Waals surface area contributed by atoms with Crippen LogP contribution in [0.15, 0.2) is 51.2 Å². The molecule has 7 nitrogen and oxygen atoms in total. The predicted molar refractivity (Wildman–Crippen MR) is 132 cm³/mol. The van der Waals surface area contributed by atoms with Crippen molar-refractivity contribution in [2.75, 3.05) is 0 Å². The molecule has 13 heteroatoms. The smallest absolute Gasteiger partial charge is 0.355 e. The van der Waals surface area contributed by atoms with Gasteiger partial charge in [-0.15, -0.1) is 11.3 Å². The average molecular weight is 553 g/mol. The zero-order chi connectivity index (χ0) is 26.9. The second-order valence-corrected chi connectivity index (χ2v) is 10.3. The molecule has 0 radical (unpaired) electrons. The first-order valence-corrected chi connectivity index (χ1v) is 13.0. The van der Waals surface area contributed by atoms with Crippen molar-refractivity contribution in [1.29, 1.82) is 0 Å². The van der Waals surface area contributed by atoms with Gasteiger partial charge in [0.15, 0.2) is 23.1 Å². The van der Waals surface area contributed by atoms with Crippen LogP contribution in [0.4, 0.5) is 22.7 Å². The van der Waals surface area contributed by atoms with E-state index in [0.29, 0.717) is 17.7 Å². The van der Waals surface area contributed by atoms with E-state index in [2.05, 4.69) is 9.98 Å². The first-order chi connectivity index (χ1) is 17.5. The number of hydrogen-bond donors (Lipinski definition) is 3. The van der Waals surface area contributed by atoms with Gasteiger partial charge in [-0.2, -0.15) is 0 Å². The van der Waals surface area contributed by atoms with Crippen molar-refractivity contribution >= 4 is 44.8 Å². The van der Waals surface area contributed by atoms with Crippen LogP contribution in [-0.4, -0.2) is 26.0 Å². The Morgan fingerprint density at radius 2 is 1.81 bits per heavy atom. The second kappa shape index (κ2) is 10.9. The van der Waals surface area contributed by atoms with Gasteiger partial charge in [-0.3, -0.25) is 0 Å². The van der Waals surface area contributed by atoms with Crippen molar-refractivity contribution in [1.82, 2.24) is 4.98 Å². The van der Waals surface area contributed by atoms with E-state index in [9.17, 15) is 31.7 Å². The molecule has 5 N–H and O–H groups in total. The number of rotatable bonds is 9. The number of allylic oxidation sites excluding steroid dienone is 1. The highest BCUT2D eigenvalue weighted by Gasteiger charge is 2.27. The van der Waals surface area contributed by atoms with Crippen molar-refractivity contribution < 1.29 is 31.7 Å². The Bertz CT molecular complexity index is 1440. The number of halogens is 4. The molecule has 1 fully saturated rings. The Labute approximate surface area is 215 Å². The molecule has 0 saturated heterocycles. The molecule has 1 aromatic heterocycles. The van der Waals surface area contributed by atoms with Crippen LogP contribution in [0.5, 0.6) is 0 Å². The van der Waals surface area contributed by atoms with Crippen LogP contribution in [0, 0.1) is 29.2 Å². The summed E-state index contributed by atoms with van der Waals surface area (Å²) in [5, 5.41) is 15.9. The molecule has 0 bridgehead atoms. The average Bonchev–Trinajstić information content (AvgIpc) is 3.53. The summed E-state index contributed by atoms with van der Waals surface area (Å²) in [5.74, 6) is -6.35. The maximum atomic E-state index is 14.5. The predicted octanol–water partition coefficient (Wildman–Crippen LogP) is 4.86. The standard InChI is InChI=1S/C24H20F4N4O3S2/c25-15-6-12(3-4-20(15)37(30)35)5-14(22(29)13-8-16(26)21(28)17(27)9-13)18(7-11-1-2-11)31-24-32-19(10-36-24)23(33)34/h3-4,6,8-11H,1-2,5,7,29-30H2,(H,33,34)/b22-14-,31-18+. The Morgan fingerprint density at radius 1 is 1.14 bits per heavy atom. The maximum Gasteiger partial charge on any atom is 0.355 e. The number of carboxylic acids is 1. The van der Waals surface area contributed by atoms with Gasteiger partial charge in [-0.25, -0.2) is 41.7 Å². The number of hydrogen-bond acceptors (Lipinski definition) is 6. The maximum absolute atomic E-state index is 14.5.